The zero-order valence-electron chi connectivity index (χ0n) is 7.40. The lowest BCUT2D eigenvalue weighted by molar-refractivity contribution is 0.259. The number of amides is 2. The van der Waals surface area contributed by atoms with Gasteiger partial charge < -0.3 is 11.1 Å². The highest BCUT2D eigenvalue weighted by molar-refractivity contribution is 7.89. The van der Waals surface area contributed by atoms with E-state index in [1.165, 1.54) is 0 Å². The standard InChI is InChI=1S/C7H8FN3O3S/c8-5-2-1-4(15(10,13)14)3-6(5)11-7(9)12/h1-3H,(H3,9,11,12)(H2,10,13,14). The molecule has 0 bridgehead atoms. The molecular formula is C7H8FN3O3S. The van der Waals surface area contributed by atoms with Gasteiger partial charge in [-0.25, -0.2) is 22.7 Å². The molecule has 0 saturated heterocycles. The molecule has 0 heterocycles. The van der Waals surface area contributed by atoms with Crippen LogP contribution < -0.4 is 16.2 Å². The molecule has 0 fully saturated rings. The molecule has 0 unspecified atom stereocenters. The molecule has 2 amide bonds. The Bertz CT molecular complexity index is 500. The summed E-state index contributed by atoms with van der Waals surface area (Å²) in [5, 5.41) is 6.74. The van der Waals surface area contributed by atoms with E-state index in [-0.39, 0.29) is 10.6 Å². The van der Waals surface area contributed by atoms with Crippen molar-refractivity contribution in [2.24, 2.45) is 10.9 Å². The fourth-order valence-corrected chi connectivity index (χ4v) is 1.45. The van der Waals surface area contributed by atoms with Crippen molar-refractivity contribution >= 4 is 21.7 Å². The minimum absolute atomic E-state index is 0.312. The molecule has 1 rings (SSSR count). The Morgan fingerprint density at radius 2 is 2.00 bits per heavy atom. The topological polar surface area (TPSA) is 115 Å². The van der Waals surface area contributed by atoms with E-state index >= 15 is 0 Å². The average molecular weight is 233 g/mol. The predicted molar refractivity (Wildman–Crippen MR) is 51.0 cm³/mol. The third kappa shape index (κ3) is 2.89. The van der Waals surface area contributed by atoms with Gasteiger partial charge in [-0.1, -0.05) is 0 Å². The van der Waals surface area contributed by atoms with Gasteiger partial charge in [0.1, 0.15) is 5.82 Å². The fourth-order valence-electron chi connectivity index (χ4n) is 0.910. The van der Waals surface area contributed by atoms with Gasteiger partial charge in [0.05, 0.1) is 10.6 Å². The van der Waals surface area contributed by atoms with Crippen LogP contribution in [-0.4, -0.2) is 14.4 Å². The fraction of sp³-hybridized carbons (Fsp3) is 0. The summed E-state index contributed by atoms with van der Waals surface area (Å²) in [5.41, 5.74) is 4.42. The molecule has 0 aliphatic carbocycles. The Kier molecular flexibility index (Phi) is 2.91. The molecule has 0 radical (unpaired) electrons. The number of primary amides is 1. The van der Waals surface area contributed by atoms with Gasteiger partial charge in [-0.15, -0.1) is 0 Å². The lowest BCUT2D eigenvalue weighted by atomic mass is 10.3. The highest BCUT2D eigenvalue weighted by Gasteiger charge is 2.12. The summed E-state index contributed by atoms with van der Waals surface area (Å²) >= 11 is 0. The summed E-state index contributed by atoms with van der Waals surface area (Å²) in [5.74, 6) is -0.804. The minimum atomic E-state index is -3.94. The monoisotopic (exact) mass is 233 g/mol. The van der Waals surface area contributed by atoms with Crippen LogP contribution in [0.4, 0.5) is 14.9 Å². The number of nitrogens with one attached hydrogen (secondary N) is 1. The molecule has 6 nitrogen and oxygen atoms in total. The van der Waals surface area contributed by atoms with E-state index in [1.807, 2.05) is 5.32 Å². The molecule has 8 heteroatoms. The maximum Gasteiger partial charge on any atom is 0.316 e. The van der Waals surface area contributed by atoms with Crippen molar-refractivity contribution in [3.05, 3.63) is 24.0 Å². The first-order valence-corrected chi connectivity index (χ1v) is 5.24. The molecule has 0 aromatic heterocycles. The third-order valence-corrected chi connectivity index (χ3v) is 2.44. The summed E-state index contributed by atoms with van der Waals surface area (Å²) in [4.78, 5) is 10.1. The van der Waals surface area contributed by atoms with Gasteiger partial charge >= 0.3 is 6.03 Å². The second-order valence-electron chi connectivity index (χ2n) is 2.68. The summed E-state index contributed by atoms with van der Waals surface area (Å²) < 4.78 is 34.8. The van der Waals surface area contributed by atoms with Crippen molar-refractivity contribution in [3.8, 4) is 0 Å². The quantitative estimate of drug-likeness (QED) is 0.665. The zero-order chi connectivity index (χ0) is 11.6. The predicted octanol–water partition coefficient (Wildman–Crippen LogP) is -0.0363. The van der Waals surface area contributed by atoms with E-state index in [0.717, 1.165) is 18.2 Å². The smallest absolute Gasteiger partial charge is 0.316 e. The second kappa shape index (κ2) is 3.83. The van der Waals surface area contributed by atoms with Gasteiger partial charge in [0.25, 0.3) is 0 Å². The molecule has 15 heavy (non-hydrogen) atoms. The second-order valence-corrected chi connectivity index (χ2v) is 4.24. The van der Waals surface area contributed by atoms with Crippen LogP contribution in [-0.2, 0) is 10.0 Å². The van der Waals surface area contributed by atoms with Crippen LogP contribution in [0.25, 0.3) is 0 Å². The van der Waals surface area contributed by atoms with E-state index in [1.54, 1.807) is 0 Å². The van der Waals surface area contributed by atoms with E-state index in [4.69, 9.17) is 10.9 Å². The van der Waals surface area contributed by atoms with Gasteiger partial charge in [0.15, 0.2) is 0 Å². The molecular weight excluding hydrogens is 225 g/mol. The van der Waals surface area contributed by atoms with Crippen molar-refractivity contribution in [2.75, 3.05) is 5.32 Å². The van der Waals surface area contributed by atoms with Gasteiger partial charge in [0.2, 0.25) is 10.0 Å². The molecule has 0 aliphatic heterocycles. The summed E-state index contributed by atoms with van der Waals surface area (Å²) in [6, 6.07) is 1.73. The van der Waals surface area contributed by atoms with Crippen LogP contribution >= 0.6 is 0 Å². The number of halogens is 1. The van der Waals surface area contributed by atoms with Crippen LogP contribution in [0.15, 0.2) is 23.1 Å². The van der Waals surface area contributed by atoms with E-state index in [2.05, 4.69) is 0 Å². The number of nitrogens with two attached hydrogens (primary N) is 2. The van der Waals surface area contributed by atoms with Crippen LogP contribution in [0.5, 0.6) is 0 Å². The summed E-state index contributed by atoms with van der Waals surface area (Å²) in [6.07, 6.45) is 0. The number of sulfonamides is 1. The highest BCUT2D eigenvalue weighted by atomic mass is 32.2. The average Bonchev–Trinajstić information content (AvgIpc) is 2.06. The Morgan fingerprint density at radius 3 is 2.47 bits per heavy atom. The summed E-state index contributed by atoms with van der Waals surface area (Å²) in [7, 11) is -3.94. The first-order valence-electron chi connectivity index (χ1n) is 3.69. The van der Waals surface area contributed by atoms with E-state index < -0.39 is 21.9 Å². The first kappa shape index (κ1) is 11.4. The molecule has 0 atom stereocenters. The van der Waals surface area contributed by atoms with E-state index in [9.17, 15) is 17.6 Å². The van der Waals surface area contributed by atoms with Gasteiger partial charge in [-0.3, -0.25) is 0 Å². The highest BCUT2D eigenvalue weighted by Crippen LogP contribution is 2.18. The number of rotatable bonds is 2. The number of carbonyl (C=O) groups is 1. The normalized spacial score (nSPS) is 11.1. The van der Waals surface area contributed by atoms with Crippen molar-refractivity contribution in [2.45, 2.75) is 4.90 Å². The van der Waals surface area contributed by atoms with Gasteiger partial charge in [-0.05, 0) is 18.2 Å². The summed E-state index contributed by atoms with van der Waals surface area (Å²) in [6.45, 7) is 0. The molecule has 0 spiro atoms. The van der Waals surface area contributed by atoms with Gasteiger partial charge in [0, 0.05) is 0 Å². The number of hydrogen-bond acceptors (Lipinski definition) is 3. The molecule has 1 aromatic rings. The van der Waals surface area contributed by atoms with Crippen LogP contribution in [0.2, 0.25) is 0 Å². The Morgan fingerprint density at radius 1 is 1.40 bits per heavy atom. The van der Waals surface area contributed by atoms with Crippen molar-refractivity contribution in [3.63, 3.8) is 0 Å². The van der Waals surface area contributed by atoms with Crippen LogP contribution in [0.3, 0.4) is 0 Å². The minimum Gasteiger partial charge on any atom is -0.351 e. The van der Waals surface area contributed by atoms with Crippen molar-refractivity contribution in [1.82, 2.24) is 0 Å². The third-order valence-electron chi connectivity index (χ3n) is 1.52. The number of urea groups is 1. The lowest BCUT2D eigenvalue weighted by Crippen LogP contribution is -2.20. The number of primary sulfonamides is 1. The van der Waals surface area contributed by atoms with Crippen LogP contribution in [0.1, 0.15) is 0 Å². The maximum absolute atomic E-state index is 13.0. The Hall–Kier alpha value is -1.67. The zero-order valence-corrected chi connectivity index (χ0v) is 8.21. The molecule has 0 aliphatic rings. The number of hydrogen-bond donors (Lipinski definition) is 3. The number of anilines is 1. The molecule has 5 N–H and O–H groups in total. The van der Waals surface area contributed by atoms with Crippen molar-refractivity contribution < 1.29 is 17.6 Å². The SMILES string of the molecule is NC(=O)Nc1cc(S(N)(=O)=O)ccc1F. The number of benzene rings is 1. The van der Waals surface area contributed by atoms with Gasteiger partial charge in [-0.2, -0.15) is 0 Å². The number of carbonyl (C=O) groups excluding carboxylic acids is 1. The maximum atomic E-state index is 13.0. The lowest BCUT2D eigenvalue weighted by Gasteiger charge is -2.05. The first-order chi connectivity index (χ1) is 6.80. The Labute approximate surface area is 85.1 Å². The largest absolute Gasteiger partial charge is 0.351 e. The van der Waals surface area contributed by atoms with Crippen molar-refractivity contribution in [1.29, 1.82) is 0 Å². The van der Waals surface area contributed by atoms with E-state index in [0.29, 0.717) is 0 Å². The molecule has 1 aromatic carbocycles. The Balaban J connectivity index is 3.23. The van der Waals surface area contributed by atoms with Crippen LogP contribution in [0, 0.1) is 5.82 Å². The molecule has 0 saturated carbocycles. The molecule has 82 valence electrons.